The Hall–Kier alpha value is -2.13. The van der Waals surface area contributed by atoms with Gasteiger partial charge in [0.1, 0.15) is 0 Å². The van der Waals surface area contributed by atoms with Crippen molar-refractivity contribution in [2.45, 2.75) is 13.5 Å². The highest BCUT2D eigenvalue weighted by Gasteiger charge is 2.12. The Kier molecular flexibility index (Phi) is 5.52. The number of hydrogen-bond acceptors (Lipinski definition) is 1. The molecule has 0 saturated heterocycles. The summed E-state index contributed by atoms with van der Waals surface area (Å²) in [6.45, 7) is 7.22. The number of hydrogen-bond donors (Lipinski definition) is 1. The first kappa shape index (κ1) is 15.3. The van der Waals surface area contributed by atoms with Crippen LogP contribution in [0.25, 0.3) is 0 Å². The van der Waals surface area contributed by atoms with Crippen LogP contribution in [0.4, 0.5) is 5.69 Å². The van der Waals surface area contributed by atoms with Gasteiger partial charge in [-0.25, -0.2) is 0 Å². The molecule has 108 valence electrons. The largest absolute Gasteiger partial charge is 0.359 e. The van der Waals surface area contributed by atoms with Gasteiger partial charge in [-0.3, -0.25) is 0 Å². The molecule has 2 aromatic rings. The molecule has 1 N–H and O–H groups in total. The van der Waals surface area contributed by atoms with Crippen LogP contribution in [0.1, 0.15) is 11.1 Å². The molecule has 0 spiro atoms. The summed E-state index contributed by atoms with van der Waals surface area (Å²) in [4.78, 5) is 2.11. The zero-order valence-electron chi connectivity index (χ0n) is 12.3. The fourth-order valence-electron chi connectivity index (χ4n) is 2.10. The Bertz CT molecular complexity index is 608. The maximum Gasteiger partial charge on any atom is 0.174 e. The van der Waals surface area contributed by atoms with Crippen molar-refractivity contribution in [2.24, 2.45) is 0 Å². The second-order valence-electron chi connectivity index (χ2n) is 4.89. The average molecular weight is 296 g/mol. The summed E-state index contributed by atoms with van der Waals surface area (Å²) in [5.41, 5.74) is 3.54. The fourth-order valence-corrected chi connectivity index (χ4v) is 2.35. The lowest BCUT2D eigenvalue weighted by Gasteiger charge is -2.26. The van der Waals surface area contributed by atoms with Crippen molar-refractivity contribution in [1.82, 2.24) is 5.32 Å². The summed E-state index contributed by atoms with van der Waals surface area (Å²) >= 11 is 5.53. The minimum atomic E-state index is 0.663. The number of thiocarbonyl (C=S) groups is 1. The standard InChI is InChI=1S/C18H20N2S/c1-3-12-19-18(21)20(14-16-9-5-4-6-10-16)17-11-7-8-15(2)13-17/h3-11,13H,1,12,14H2,2H3,(H,19,21). The lowest BCUT2D eigenvalue weighted by atomic mass is 10.1. The highest BCUT2D eigenvalue weighted by Crippen LogP contribution is 2.19. The van der Waals surface area contributed by atoms with E-state index in [1.807, 2.05) is 24.3 Å². The molecule has 2 rings (SSSR count). The summed E-state index contributed by atoms with van der Waals surface area (Å²) in [7, 11) is 0. The van der Waals surface area contributed by atoms with Crippen molar-refractivity contribution in [3.63, 3.8) is 0 Å². The van der Waals surface area contributed by atoms with Crippen molar-refractivity contribution in [3.05, 3.63) is 78.4 Å². The third kappa shape index (κ3) is 4.43. The minimum absolute atomic E-state index is 0.663. The highest BCUT2D eigenvalue weighted by molar-refractivity contribution is 7.80. The van der Waals surface area contributed by atoms with E-state index in [9.17, 15) is 0 Å². The van der Waals surface area contributed by atoms with Crippen LogP contribution >= 0.6 is 12.2 Å². The van der Waals surface area contributed by atoms with Crippen LogP contribution < -0.4 is 10.2 Å². The van der Waals surface area contributed by atoms with Gasteiger partial charge in [0, 0.05) is 12.2 Å². The molecule has 0 fully saturated rings. The van der Waals surface area contributed by atoms with Gasteiger partial charge in [0.2, 0.25) is 0 Å². The molecule has 3 heteroatoms. The lowest BCUT2D eigenvalue weighted by Crippen LogP contribution is -2.39. The summed E-state index contributed by atoms with van der Waals surface area (Å²) in [6, 6.07) is 18.7. The monoisotopic (exact) mass is 296 g/mol. The number of nitrogens with zero attached hydrogens (tertiary/aromatic N) is 1. The van der Waals surface area contributed by atoms with Gasteiger partial charge in [-0.15, -0.1) is 6.58 Å². The van der Waals surface area contributed by atoms with Gasteiger partial charge in [-0.05, 0) is 42.4 Å². The number of aryl methyl sites for hydroxylation is 1. The number of anilines is 1. The van der Waals surface area contributed by atoms with Gasteiger partial charge < -0.3 is 10.2 Å². The second-order valence-corrected chi connectivity index (χ2v) is 5.27. The summed E-state index contributed by atoms with van der Waals surface area (Å²) in [6.07, 6.45) is 1.81. The molecule has 21 heavy (non-hydrogen) atoms. The SMILES string of the molecule is C=CCNC(=S)N(Cc1ccccc1)c1cccc(C)c1. The number of nitrogens with one attached hydrogen (secondary N) is 1. The van der Waals surface area contributed by atoms with Crippen molar-refractivity contribution in [2.75, 3.05) is 11.4 Å². The maximum absolute atomic E-state index is 5.53. The first-order chi connectivity index (χ1) is 10.2. The zero-order chi connectivity index (χ0) is 15.1. The van der Waals surface area contributed by atoms with Gasteiger partial charge >= 0.3 is 0 Å². The predicted molar refractivity (Wildman–Crippen MR) is 94.6 cm³/mol. The maximum atomic E-state index is 5.53. The number of benzene rings is 2. The van der Waals surface area contributed by atoms with Gasteiger partial charge in [-0.2, -0.15) is 0 Å². The molecule has 0 aliphatic carbocycles. The van der Waals surface area contributed by atoms with Crippen molar-refractivity contribution >= 4 is 23.0 Å². The summed E-state index contributed by atoms with van der Waals surface area (Å²) in [5, 5.41) is 3.92. The molecule has 0 saturated carbocycles. The van der Waals surface area contributed by atoms with E-state index in [0.29, 0.717) is 11.7 Å². The van der Waals surface area contributed by atoms with Crippen LogP contribution in [0.5, 0.6) is 0 Å². The summed E-state index contributed by atoms with van der Waals surface area (Å²) < 4.78 is 0. The van der Waals surface area contributed by atoms with Gasteiger partial charge in [0.05, 0.1) is 6.54 Å². The Balaban J connectivity index is 2.25. The van der Waals surface area contributed by atoms with Crippen molar-refractivity contribution in [3.8, 4) is 0 Å². The second kappa shape index (κ2) is 7.60. The first-order valence-corrected chi connectivity index (χ1v) is 7.38. The Labute approximate surface area is 132 Å². The van der Waals surface area contributed by atoms with E-state index in [4.69, 9.17) is 12.2 Å². The lowest BCUT2D eigenvalue weighted by molar-refractivity contribution is 0.943. The molecule has 0 amide bonds. The molecule has 0 radical (unpaired) electrons. The quantitative estimate of drug-likeness (QED) is 0.661. The Morgan fingerprint density at radius 2 is 1.95 bits per heavy atom. The molecule has 0 aromatic heterocycles. The average Bonchev–Trinajstić information content (AvgIpc) is 2.51. The Morgan fingerprint density at radius 1 is 1.19 bits per heavy atom. The van der Waals surface area contributed by atoms with E-state index in [2.05, 4.69) is 60.1 Å². The van der Waals surface area contributed by atoms with E-state index in [1.54, 1.807) is 0 Å². The van der Waals surface area contributed by atoms with E-state index >= 15 is 0 Å². The first-order valence-electron chi connectivity index (χ1n) is 6.97. The highest BCUT2D eigenvalue weighted by atomic mass is 32.1. The molecule has 0 bridgehead atoms. The van der Waals surface area contributed by atoms with Crippen molar-refractivity contribution < 1.29 is 0 Å². The van der Waals surface area contributed by atoms with Gasteiger partial charge in [0.25, 0.3) is 0 Å². The van der Waals surface area contributed by atoms with Crippen LogP contribution in [0, 0.1) is 6.92 Å². The van der Waals surface area contributed by atoms with E-state index < -0.39 is 0 Å². The van der Waals surface area contributed by atoms with Crippen LogP contribution in [0.2, 0.25) is 0 Å². The summed E-state index contributed by atoms with van der Waals surface area (Å²) in [5.74, 6) is 0. The third-order valence-electron chi connectivity index (χ3n) is 3.14. The normalized spacial score (nSPS) is 9.95. The number of rotatable bonds is 5. The third-order valence-corrected chi connectivity index (χ3v) is 3.50. The molecule has 0 heterocycles. The molecule has 0 unspecified atom stereocenters. The topological polar surface area (TPSA) is 15.3 Å². The molecule has 2 nitrogen and oxygen atoms in total. The van der Waals surface area contributed by atoms with Crippen LogP contribution in [0.3, 0.4) is 0 Å². The van der Waals surface area contributed by atoms with Gasteiger partial charge in [0.15, 0.2) is 5.11 Å². The predicted octanol–water partition coefficient (Wildman–Crippen LogP) is 4.06. The Morgan fingerprint density at radius 3 is 2.62 bits per heavy atom. The van der Waals surface area contributed by atoms with E-state index in [1.165, 1.54) is 11.1 Å². The van der Waals surface area contributed by atoms with E-state index in [0.717, 1.165) is 12.2 Å². The molecule has 0 atom stereocenters. The molecular weight excluding hydrogens is 276 g/mol. The molecule has 0 aliphatic rings. The fraction of sp³-hybridized carbons (Fsp3) is 0.167. The molecule has 0 aliphatic heterocycles. The van der Waals surface area contributed by atoms with E-state index in [-0.39, 0.29) is 0 Å². The van der Waals surface area contributed by atoms with Crippen LogP contribution in [0.15, 0.2) is 67.3 Å². The minimum Gasteiger partial charge on any atom is -0.359 e. The molecular formula is C18H20N2S. The zero-order valence-corrected chi connectivity index (χ0v) is 13.1. The smallest absolute Gasteiger partial charge is 0.174 e. The van der Waals surface area contributed by atoms with Gasteiger partial charge in [-0.1, -0.05) is 48.5 Å². The molecule has 2 aromatic carbocycles. The van der Waals surface area contributed by atoms with Crippen LogP contribution in [-0.2, 0) is 6.54 Å². The van der Waals surface area contributed by atoms with Crippen molar-refractivity contribution in [1.29, 1.82) is 0 Å². The van der Waals surface area contributed by atoms with Crippen LogP contribution in [-0.4, -0.2) is 11.7 Å².